The lowest BCUT2D eigenvalue weighted by molar-refractivity contribution is -0.125. The van der Waals surface area contributed by atoms with Gasteiger partial charge in [0.25, 0.3) is 0 Å². The third-order valence-electron chi connectivity index (χ3n) is 4.86. The van der Waals surface area contributed by atoms with Crippen molar-refractivity contribution in [3.05, 3.63) is 17.1 Å². The lowest BCUT2D eigenvalue weighted by Crippen LogP contribution is -2.32. The van der Waals surface area contributed by atoms with E-state index in [-0.39, 0.29) is 11.8 Å². The summed E-state index contributed by atoms with van der Waals surface area (Å²) in [4.78, 5) is 22.3. The maximum Gasteiger partial charge on any atom is 0.223 e. The Labute approximate surface area is 133 Å². The van der Waals surface area contributed by atoms with Gasteiger partial charge in [-0.15, -0.1) is 4.91 Å². The van der Waals surface area contributed by atoms with Crippen molar-refractivity contribution in [2.24, 2.45) is 23.0 Å². The van der Waals surface area contributed by atoms with Crippen molar-refractivity contribution < 1.29 is 4.79 Å². The molecule has 4 atom stereocenters. The van der Waals surface area contributed by atoms with Gasteiger partial charge in [0.1, 0.15) is 0 Å². The van der Waals surface area contributed by atoms with Crippen LogP contribution in [0.4, 0.5) is 0 Å². The Hall–Kier alpha value is -1.39. The molecular formula is C17H29N3O2. The van der Waals surface area contributed by atoms with E-state index < -0.39 is 0 Å². The van der Waals surface area contributed by atoms with Crippen LogP contribution in [0.5, 0.6) is 0 Å². The van der Waals surface area contributed by atoms with E-state index in [0.717, 1.165) is 45.1 Å². The molecule has 1 amide bonds. The van der Waals surface area contributed by atoms with Crippen molar-refractivity contribution >= 4 is 5.91 Å². The maximum atomic E-state index is 12.1. The second-order valence-electron chi connectivity index (χ2n) is 7.02. The van der Waals surface area contributed by atoms with E-state index >= 15 is 0 Å². The number of nitrogens with one attached hydrogen (secondary N) is 1. The molecule has 1 N–H and O–H groups in total. The molecule has 2 rings (SSSR count). The fourth-order valence-electron chi connectivity index (χ4n) is 3.25. The molecule has 0 heterocycles. The number of hydrogen-bond donors (Lipinski definition) is 1. The minimum absolute atomic E-state index is 0.253. The zero-order valence-electron chi connectivity index (χ0n) is 13.8. The highest BCUT2D eigenvalue weighted by Crippen LogP contribution is 2.34. The average Bonchev–Trinajstić information content (AvgIpc) is 3.08. The molecule has 2 saturated carbocycles. The Morgan fingerprint density at radius 3 is 2.82 bits per heavy atom. The minimum atomic E-state index is 0.253. The van der Waals surface area contributed by atoms with Crippen LogP contribution in [-0.4, -0.2) is 30.6 Å². The second-order valence-corrected chi connectivity index (χ2v) is 7.02. The summed E-state index contributed by atoms with van der Waals surface area (Å²) in [6.07, 6.45) is 11.9. The van der Waals surface area contributed by atoms with Crippen molar-refractivity contribution in [2.45, 2.75) is 57.9 Å². The largest absolute Gasteiger partial charge is 0.353 e. The van der Waals surface area contributed by atoms with Gasteiger partial charge in [0, 0.05) is 25.6 Å². The molecule has 5 heteroatoms. The number of amides is 1. The first kappa shape index (κ1) is 17.0. The number of unbranched alkanes of at least 4 members (excludes halogenated alkanes) is 2. The Bertz CT molecular complexity index is 411. The van der Waals surface area contributed by atoms with Crippen molar-refractivity contribution in [3.8, 4) is 0 Å². The van der Waals surface area contributed by atoms with E-state index in [1.807, 2.05) is 0 Å². The molecule has 124 valence electrons. The molecule has 5 nitrogen and oxygen atoms in total. The molecule has 1 unspecified atom stereocenters. The topological polar surface area (TPSA) is 61.8 Å². The second kappa shape index (κ2) is 8.30. The average molecular weight is 307 g/mol. The zero-order chi connectivity index (χ0) is 15.9. The first-order valence-electron chi connectivity index (χ1n) is 8.61. The molecule has 0 aromatic rings. The number of rotatable bonds is 9. The summed E-state index contributed by atoms with van der Waals surface area (Å²) in [7, 11) is 1.70. The van der Waals surface area contributed by atoms with Gasteiger partial charge in [-0.25, -0.2) is 0 Å². The molecular weight excluding hydrogens is 278 g/mol. The van der Waals surface area contributed by atoms with Crippen LogP contribution in [0.2, 0.25) is 0 Å². The van der Waals surface area contributed by atoms with Gasteiger partial charge >= 0.3 is 0 Å². The minimum Gasteiger partial charge on any atom is -0.353 e. The van der Waals surface area contributed by atoms with Crippen LogP contribution in [0.1, 0.15) is 51.9 Å². The summed E-state index contributed by atoms with van der Waals surface area (Å²) in [5.74, 6) is 1.76. The molecule has 0 bridgehead atoms. The fourth-order valence-corrected chi connectivity index (χ4v) is 3.25. The van der Waals surface area contributed by atoms with Gasteiger partial charge in [0.2, 0.25) is 5.91 Å². The molecule has 0 aliphatic heterocycles. The summed E-state index contributed by atoms with van der Waals surface area (Å²) in [5, 5.41) is 7.47. The van der Waals surface area contributed by atoms with E-state index in [1.54, 1.807) is 7.05 Å². The first-order chi connectivity index (χ1) is 10.6. The van der Waals surface area contributed by atoms with E-state index in [2.05, 4.69) is 29.7 Å². The highest BCUT2D eigenvalue weighted by Gasteiger charge is 2.38. The van der Waals surface area contributed by atoms with Crippen LogP contribution in [0, 0.1) is 22.7 Å². The summed E-state index contributed by atoms with van der Waals surface area (Å²) in [6.45, 7) is 2.96. The number of hydrogen-bond acceptors (Lipinski definition) is 3. The van der Waals surface area contributed by atoms with Gasteiger partial charge in [0.05, 0.1) is 5.29 Å². The maximum absolute atomic E-state index is 12.1. The SMILES string of the molecule is CC1CC[C@H](C(=O)N[C@@H]2C[C@H]2/C=C/CCCCN(C)N=O)C1. The Kier molecular flexibility index (Phi) is 6.40. The Morgan fingerprint density at radius 1 is 1.32 bits per heavy atom. The van der Waals surface area contributed by atoms with Crippen molar-refractivity contribution in [1.29, 1.82) is 0 Å². The summed E-state index contributed by atoms with van der Waals surface area (Å²) >= 11 is 0. The van der Waals surface area contributed by atoms with Gasteiger partial charge in [-0.3, -0.25) is 9.80 Å². The smallest absolute Gasteiger partial charge is 0.223 e. The van der Waals surface area contributed by atoms with Crippen LogP contribution in [0.15, 0.2) is 17.4 Å². The third kappa shape index (κ3) is 5.43. The Balaban J connectivity index is 1.53. The number of carbonyl (C=O) groups excluding carboxylic acids is 1. The van der Waals surface area contributed by atoms with E-state index in [9.17, 15) is 9.70 Å². The molecule has 0 aromatic carbocycles. The molecule has 2 aliphatic rings. The van der Waals surface area contributed by atoms with Crippen LogP contribution in [0.25, 0.3) is 0 Å². The summed E-state index contributed by atoms with van der Waals surface area (Å²) in [5.41, 5.74) is 0. The molecule has 22 heavy (non-hydrogen) atoms. The van der Waals surface area contributed by atoms with Gasteiger partial charge in [-0.1, -0.05) is 19.1 Å². The highest BCUT2D eigenvalue weighted by atomic mass is 16.3. The van der Waals surface area contributed by atoms with Crippen LogP contribution >= 0.6 is 0 Å². The molecule has 2 aliphatic carbocycles. The lowest BCUT2D eigenvalue weighted by atomic mass is 10.1. The lowest BCUT2D eigenvalue weighted by Gasteiger charge is -2.10. The standard InChI is InChI=1S/C17H29N3O2/c1-13-8-9-15(11-13)17(21)18-16-12-14(16)7-5-3-4-6-10-20(2)19-22/h5,7,13-16H,3-4,6,8-12H2,1-2H3,(H,18,21)/b7-5+/t13?,14-,15+,16-/m1/s1. The number of nitroso groups, excluding NO2 is 1. The van der Waals surface area contributed by atoms with E-state index in [0.29, 0.717) is 17.9 Å². The van der Waals surface area contributed by atoms with E-state index in [4.69, 9.17) is 0 Å². The molecule has 0 radical (unpaired) electrons. The summed E-state index contributed by atoms with van der Waals surface area (Å²) < 4.78 is 0. The molecule has 0 spiro atoms. The molecule has 0 aromatic heterocycles. The van der Waals surface area contributed by atoms with Crippen LogP contribution in [-0.2, 0) is 4.79 Å². The number of allylic oxidation sites excluding steroid dienone is 1. The predicted molar refractivity (Wildman–Crippen MR) is 88.0 cm³/mol. The summed E-state index contributed by atoms with van der Waals surface area (Å²) in [6, 6.07) is 0.366. The zero-order valence-corrected chi connectivity index (χ0v) is 13.8. The van der Waals surface area contributed by atoms with Gasteiger partial charge in [-0.2, -0.15) is 0 Å². The predicted octanol–water partition coefficient (Wildman–Crippen LogP) is 3.27. The highest BCUT2D eigenvalue weighted by molar-refractivity contribution is 5.79. The van der Waals surface area contributed by atoms with Crippen molar-refractivity contribution in [2.75, 3.05) is 13.6 Å². The fraction of sp³-hybridized carbons (Fsp3) is 0.824. The first-order valence-corrected chi connectivity index (χ1v) is 8.61. The monoisotopic (exact) mass is 307 g/mol. The van der Waals surface area contributed by atoms with Crippen LogP contribution in [0.3, 0.4) is 0 Å². The van der Waals surface area contributed by atoms with Crippen molar-refractivity contribution in [1.82, 2.24) is 10.3 Å². The number of nitrogens with zero attached hydrogens (tertiary/aromatic N) is 2. The molecule has 2 fully saturated rings. The van der Waals surface area contributed by atoms with Crippen molar-refractivity contribution in [3.63, 3.8) is 0 Å². The molecule has 0 saturated heterocycles. The van der Waals surface area contributed by atoms with Gasteiger partial charge < -0.3 is 5.32 Å². The van der Waals surface area contributed by atoms with Crippen LogP contribution < -0.4 is 5.32 Å². The normalized spacial score (nSPS) is 30.5. The van der Waals surface area contributed by atoms with E-state index in [1.165, 1.54) is 11.4 Å². The van der Waals surface area contributed by atoms with Gasteiger partial charge in [-0.05, 0) is 56.8 Å². The quantitative estimate of drug-likeness (QED) is 0.308. The Morgan fingerprint density at radius 2 is 2.14 bits per heavy atom. The third-order valence-corrected chi connectivity index (χ3v) is 4.86. The number of carbonyl (C=O) groups is 1. The van der Waals surface area contributed by atoms with Gasteiger partial charge in [0.15, 0.2) is 0 Å².